The summed E-state index contributed by atoms with van der Waals surface area (Å²) in [6.07, 6.45) is 4.41. The quantitative estimate of drug-likeness (QED) is 0.721. The van der Waals surface area contributed by atoms with Crippen LogP contribution in [0.4, 0.5) is 0 Å². The number of allylic oxidation sites excluding steroid dienone is 5. The molecule has 0 fully saturated rings. The molecule has 0 aromatic heterocycles. The minimum atomic E-state index is 0.290. The number of methoxy groups -OCH3 is 1. The Balaban J connectivity index is 2.03. The first-order valence-corrected chi connectivity index (χ1v) is 9.17. The highest BCUT2D eigenvalue weighted by molar-refractivity contribution is 6.28. The molecule has 142 valence electrons. The van der Waals surface area contributed by atoms with Crippen molar-refractivity contribution in [2.24, 2.45) is 4.99 Å². The highest BCUT2D eigenvalue weighted by Crippen LogP contribution is 2.36. The van der Waals surface area contributed by atoms with Gasteiger partial charge in [0.2, 0.25) is 0 Å². The van der Waals surface area contributed by atoms with E-state index >= 15 is 0 Å². The fraction of sp³-hybridized carbons (Fsp3) is 0.160. The van der Waals surface area contributed by atoms with Gasteiger partial charge in [-0.15, -0.1) is 0 Å². The predicted molar refractivity (Wildman–Crippen MR) is 117 cm³/mol. The van der Waals surface area contributed by atoms with Crippen molar-refractivity contribution in [3.8, 4) is 11.5 Å². The van der Waals surface area contributed by atoms with Crippen LogP contribution >= 0.6 is 0 Å². The van der Waals surface area contributed by atoms with E-state index in [0.717, 1.165) is 56.9 Å². The second-order valence-electron chi connectivity index (χ2n) is 6.97. The fourth-order valence-electron chi connectivity index (χ4n) is 3.53. The molecule has 0 unspecified atom stereocenters. The lowest BCUT2D eigenvalue weighted by Gasteiger charge is -2.09. The van der Waals surface area contributed by atoms with E-state index in [1.165, 1.54) is 0 Å². The molecule has 28 heavy (non-hydrogen) atoms. The molecule has 0 aliphatic heterocycles. The van der Waals surface area contributed by atoms with Gasteiger partial charge in [-0.2, -0.15) is 0 Å². The Morgan fingerprint density at radius 3 is 2.50 bits per heavy atom. The van der Waals surface area contributed by atoms with Crippen molar-refractivity contribution in [2.75, 3.05) is 7.11 Å². The number of benzene rings is 2. The van der Waals surface area contributed by atoms with Crippen LogP contribution in [0.2, 0.25) is 0 Å². The van der Waals surface area contributed by atoms with Crippen molar-refractivity contribution in [1.29, 1.82) is 0 Å². The molecule has 0 saturated heterocycles. The maximum Gasteiger partial charge on any atom is 0.118 e. The standard InChI is InChI=1S/C25H25NO2/c1-6-26-25-18(4)24(20-7-9-22(28-5)10-8-20)15-23(25)17(3)13-19-11-16(2)12-21(27)14-19/h6-12,14-15,27H,1,4,13H2,2-3,5H3/b23-17+,26-25?. The van der Waals surface area contributed by atoms with Crippen LogP contribution < -0.4 is 4.74 Å². The van der Waals surface area contributed by atoms with Crippen LogP contribution in [-0.4, -0.2) is 17.9 Å². The zero-order valence-electron chi connectivity index (χ0n) is 16.6. The molecule has 1 N–H and O–H groups in total. The number of aliphatic imine (C=N–C) groups is 1. The largest absolute Gasteiger partial charge is 0.508 e. The zero-order valence-corrected chi connectivity index (χ0v) is 16.6. The monoisotopic (exact) mass is 371 g/mol. The van der Waals surface area contributed by atoms with Gasteiger partial charge in [-0.1, -0.05) is 36.9 Å². The first-order valence-electron chi connectivity index (χ1n) is 9.17. The average Bonchev–Trinajstić information content (AvgIpc) is 2.98. The smallest absolute Gasteiger partial charge is 0.118 e. The summed E-state index contributed by atoms with van der Waals surface area (Å²) < 4.78 is 5.25. The molecule has 1 aliphatic carbocycles. The second kappa shape index (κ2) is 8.13. The number of rotatable bonds is 5. The third-order valence-electron chi connectivity index (χ3n) is 4.83. The van der Waals surface area contributed by atoms with Gasteiger partial charge in [-0.3, -0.25) is 4.99 Å². The number of hydrogen-bond acceptors (Lipinski definition) is 3. The molecule has 0 spiro atoms. The Morgan fingerprint density at radius 1 is 1.18 bits per heavy atom. The van der Waals surface area contributed by atoms with E-state index in [1.807, 2.05) is 31.2 Å². The molecular formula is C25H25NO2. The number of aryl methyl sites for hydroxylation is 1. The third-order valence-corrected chi connectivity index (χ3v) is 4.83. The van der Waals surface area contributed by atoms with E-state index < -0.39 is 0 Å². The Kier molecular flexibility index (Phi) is 5.65. The third kappa shape index (κ3) is 3.99. The van der Waals surface area contributed by atoms with Crippen LogP contribution in [-0.2, 0) is 6.42 Å². The van der Waals surface area contributed by atoms with Crippen molar-refractivity contribution in [3.63, 3.8) is 0 Å². The summed E-state index contributed by atoms with van der Waals surface area (Å²) in [6.45, 7) is 12.1. The van der Waals surface area contributed by atoms with Gasteiger partial charge in [0, 0.05) is 17.3 Å². The number of nitrogens with zero attached hydrogens (tertiary/aromatic N) is 1. The van der Waals surface area contributed by atoms with E-state index in [9.17, 15) is 5.11 Å². The first-order chi connectivity index (χ1) is 13.4. The maximum atomic E-state index is 9.89. The van der Waals surface area contributed by atoms with Crippen LogP contribution in [0.25, 0.3) is 5.57 Å². The normalized spacial score (nSPS) is 16.9. The number of phenolic OH excluding ortho intramolecular Hbond substituents is 1. The molecule has 1 aliphatic rings. The van der Waals surface area contributed by atoms with Gasteiger partial charge in [-0.05, 0) is 72.9 Å². The number of phenols is 1. The Hall–Kier alpha value is -3.33. The Morgan fingerprint density at radius 2 is 1.89 bits per heavy atom. The second-order valence-corrected chi connectivity index (χ2v) is 6.97. The first kappa shape index (κ1) is 19.4. The highest BCUT2D eigenvalue weighted by atomic mass is 16.5. The molecular weight excluding hydrogens is 346 g/mol. The molecule has 3 rings (SSSR count). The molecule has 0 bridgehead atoms. The van der Waals surface area contributed by atoms with Gasteiger partial charge in [0.1, 0.15) is 11.5 Å². The molecule has 0 radical (unpaired) electrons. The lowest BCUT2D eigenvalue weighted by Crippen LogP contribution is -2.02. The number of hydrogen-bond donors (Lipinski definition) is 1. The number of ether oxygens (including phenoxy) is 1. The van der Waals surface area contributed by atoms with E-state index in [-0.39, 0.29) is 5.75 Å². The summed E-state index contributed by atoms with van der Waals surface area (Å²) in [7, 11) is 1.66. The van der Waals surface area contributed by atoms with Crippen LogP contribution in [0.5, 0.6) is 11.5 Å². The average molecular weight is 371 g/mol. The maximum absolute atomic E-state index is 9.89. The summed E-state index contributed by atoms with van der Waals surface area (Å²) in [4.78, 5) is 4.49. The molecule has 0 atom stereocenters. The SMILES string of the molecule is C=CN=C1C(=C)C(c2ccc(OC)cc2)=C/C1=C(/C)Cc1cc(C)cc(O)c1. The minimum Gasteiger partial charge on any atom is -0.508 e. The molecule has 0 heterocycles. The summed E-state index contributed by atoms with van der Waals surface area (Å²) in [6, 6.07) is 13.6. The highest BCUT2D eigenvalue weighted by Gasteiger charge is 2.24. The van der Waals surface area contributed by atoms with E-state index in [4.69, 9.17) is 4.74 Å². The molecule has 3 nitrogen and oxygen atoms in total. The summed E-state index contributed by atoms with van der Waals surface area (Å²) >= 11 is 0. The lowest BCUT2D eigenvalue weighted by atomic mass is 9.97. The molecule has 3 heteroatoms. The Labute approximate surface area is 166 Å². The lowest BCUT2D eigenvalue weighted by molar-refractivity contribution is 0.415. The van der Waals surface area contributed by atoms with E-state index in [0.29, 0.717) is 0 Å². The van der Waals surface area contributed by atoms with Crippen molar-refractivity contribution in [2.45, 2.75) is 20.3 Å². The predicted octanol–water partition coefficient (Wildman–Crippen LogP) is 5.81. The van der Waals surface area contributed by atoms with Crippen LogP contribution in [0.3, 0.4) is 0 Å². The van der Waals surface area contributed by atoms with Crippen molar-refractivity contribution < 1.29 is 9.84 Å². The molecule has 2 aromatic carbocycles. The van der Waals surface area contributed by atoms with Gasteiger partial charge in [-0.25, -0.2) is 0 Å². The number of aromatic hydroxyl groups is 1. The Bertz CT molecular complexity index is 1000. The topological polar surface area (TPSA) is 41.8 Å². The van der Waals surface area contributed by atoms with E-state index in [2.05, 4.69) is 37.2 Å². The summed E-state index contributed by atoms with van der Waals surface area (Å²) in [5.41, 5.74) is 8.16. The minimum absolute atomic E-state index is 0.290. The van der Waals surface area contributed by atoms with Gasteiger partial charge < -0.3 is 9.84 Å². The fourth-order valence-corrected chi connectivity index (χ4v) is 3.53. The van der Waals surface area contributed by atoms with Crippen LogP contribution in [0, 0.1) is 6.92 Å². The van der Waals surface area contributed by atoms with Crippen LogP contribution in [0.15, 0.2) is 89.6 Å². The van der Waals surface area contributed by atoms with Crippen molar-refractivity contribution in [1.82, 2.24) is 0 Å². The van der Waals surface area contributed by atoms with Gasteiger partial charge >= 0.3 is 0 Å². The summed E-state index contributed by atoms with van der Waals surface area (Å²) in [5.74, 6) is 1.11. The zero-order chi connectivity index (χ0) is 20.3. The molecule has 2 aromatic rings. The van der Waals surface area contributed by atoms with Crippen molar-refractivity contribution >= 4 is 11.3 Å². The van der Waals surface area contributed by atoms with Gasteiger partial charge in [0.15, 0.2) is 0 Å². The van der Waals surface area contributed by atoms with E-state index in [1.54, 1.807) is 25.4 Å². The van der Waals surface area contributed by atoms with Crippen molar-refractivity contribution in [3.05, 3.63) is 101 Å². The van der Waals surface area contributed by atoms with Crippen LogP contribution in [0.1, 0.15) is 23.6 Å². The molecule has 0 amide bonds. The summed E-state index contributed by atoms with van der Waals surface area (Å²) in [5, 5.41) is 9.89. The molecule has 0 saturated carbocycles. The van der Waals surface area contributed by atoms with Gasteiger partial charge in [0.05, 0.1) is 12.8 Å². The van der Waals surface area contributed by atoms with Gasteiger partial charge in [0.25, 0.3) is 0 Å².